The molecule has 34 heavy (non-hydrogen) atoms. The van der Waals surface area contributed by atoms with Gasteiger partial charge in [0.2, 0.25) is 5.91 Å². The second-order valence-electron chi connectivity index (χ2n) is 7.64. The van der Waals surface area contributed by atoms with E-state index >= 15 is 0 Å². The fraction of sp³-hybridized carbons (Fsp3) is 0.167. The van der Waals surface area contributed by atoms with Gasteiger partial charge in [0.05, 0.1) is 15.6 Å². The Morgan fingerprint density at radius 2 is 1.68 bits per heavy atom. The molecule has 1 heterocycles. The van der Waals surface area contributed by atoms with Crippen LogP contribution >= 0.6 is 11.6 Å². The molecule has 2 amide bonds. The average Bonchev–Trinajstić information content (AvgIpc) is 3.24. The summed E-state index contributed by atoms with van der Waals surface area (Å²) in [6, 6.07) is 18.2. The van der Waals surface area contributed by atoms with Gasteiger partial charge in [0, 0.05) is 24.8 Å². The second-order valence-corrected chi connectivity index (χ2v) is 9.91. The van der Waals surface area contributed by atoms with Crippen LogP contribution in [0.3, 0.4) is 0 Å². The van der Waals surface area contributed by atoms with Gasteiger partial charge < -0.3 is 15.4 Å². The van der Waals surface area contributed by atoms with E-state index < -0.39 is 15.9 Å². The first-order valence-electron chi connectivity index (χ1n) is 10.4. The van der Waals surface area contributed by atoms with Crippen LogP contribution < -0.4 is 19.7 Å². The van der Waals surface area contributed by atoms with E-state index in [0.29, 0.717) is 30.0 Å². The standard InChI is InChI=1S/C24H22ClN3O5S/c1-16(29)26-18-6-8-19(9-7-18)27-24(30)15-33-23-11-10-20(14-21(23)25)34(31,32)28-13-12-17-4-2-3-5-22(17)28/h2-11,14H,12-13,15H2,1H3,(H,26,29)(H,27,30). The number of sulfonamides is 1. The van der Waals surface area contributed by atoms with Crippen molar-refractivity contribution in [1.29, 1.82) is 0 Å². The number of nitrogens with zero attached hydrogens (tertiary/aromatic N) is 1. The summed E-state index contributed by atoms with van der Waals surface area (Å²) in [6.45, 7) is 1.45. The van der Waals surface area contributed by atoms with Crippen molar-refractivity contribution >= 4 is 50.5 Å². The van der Waals surface area contributed by atoms with E-state index in [2.05, 4.69) is 10.6 Å². The predicted molar refractivity (Wildman–Crippen MR) is 131 cm³/mol. The van der Waals surface area contributed by atoms with Gasteiger partial charge in [0.15, 0.2) is 6.61 Å². The van der Waals surface area contributed by atoms with Crippen LogP contribution in [0, 0.1) is 0 Å². The highest BCUT2D eigenvalue weighted by atomic mass is 35.5. The Balaban J connectivity index is 1.39. The van der Waals surface area contributed by atoms with Gasteiger partial charge in [0.25, 0.3) is 15.9 Å². The van der Waals surface area contributed by atoms with Gasteiger partial charge in [0.1, 0.15) is 5.75 Å². The lowest BCUT2D eigenvalue weighted by atomic mass is 10.2. The predicted octanol–water partition coefficient (Wildman–Crippen LogP) is 4.07. The number of anilines is 3. The number of amides is 2. The highest BCUT2D eigenvalue weighted by Crippen LogP contribution is 2.35. The van der Waals surface area contributed by atoms with Crippen molar-refractivity contribution in [2.24, 2.45) is 0 Å². The van der Waals surface area contributed by atoms with Gasteiger partial charge in [-0.1, -0.05) is 29.8 Å². The minimum atomic E-state index is -3.79. The lowest BCUT2D eigenvalue weighted by Crippen LogP contribution is -2.29. The molecule has 0 spiro atoms. The molecule has 0 atom stereocenters. The normalized spacial score (nSPS) is 12.7. The number of carbonyl (C=O) groups is 2. The molecule has 2 N–H and O–H groups in total. The fourth-order valence-corrected chi connectivity index (χ4v) is 5.45. The van der Waals surface area contributed by atoms with Crippen molar-refractivity contribution in [2.75, 3.05) is 28.1 Å². The summed E-state index contributed by atoms with van der Waals surface area (Å²) >= 11 is 6.27. The quantitative estimate of drug-likeness (QED) is 0.510. The first-order chi connectivity index (χ1) is 16.2. The number of rotatable bonds is 7. The first-order valence-corrected chi connectivity index (χ1v) is 12.3. The number of ether oxygens (including phenoxy) is 1. The third kappa shape index (κ3) is 5.16. The zero-order valence-electron chi connectivity index (χ0n) is 18.2. The summed E-state index contributed by atoms with van der Waals surface area (Å²) in [7, 11) is -3.79. The molecule has 0 bridgehead atoms. The Hall–Kier alpha value is -3.56. The van der Waals surface area contributed by atoms with Crippen LogP contribution in [0.2, 0.25) is 5.02 Å². The van der Waals surface area contributed by atoms with E-state index in [1.165, 1.54) is 29.4 Å². The summed E-state index contributed by atoms with van der Waals surface area (Å²) in [6.07, 6.45) is 0.648. The van der Waals surface area contributed by atoms with Crippen molar-refractivity contribution in [1.82, 2.24) is 0 Å². The van der Waals surface area contributed by atoms with E-state index in [4.69, 9.17) is 16.3 Å². The fourth-order valence-electron chi connectivity index (χ4n) is 3.62. The summed E-state index contributed by atoms with van der Waals surface area (Å²) in [5.74, 6) is -0.418. The molecule has 0 saturated carbocycles. The molecule has 4 rings (SSSR count). The number of nitrogens with one attached hydrogen (secondary N) is 2. The molecule has 3 aromatic carbocycles. The zero-order valence-corrected chi connectivity index (χ0v) is 19.8. The second kappa shape index (κ2) is 9.74. The highest BCUT2D eigenvalue weighted by Gasteiger charge is 2.31. The minimum absolute atomic E-state index is 0.0465. The van der Waals surface area contributed by atoms with E-state index in [1.807, 2.05) is 12.1 Å². The van der Waals surface area contributed by atoms with Crippen LogP contribution in [0.1, 0.15) is 12.5 Å². The third-order valence-electron chi connectivity index (χ3n) is 5.18. The van der Waals surface area contributed by atoms with Gasteiger partial charge in [-0.3, -0.25) is 13.9 Å². The summed E-state index contributed by atoms with van der Waals surface area (Å²) < 4.78 is 33.2. The minimum Gasteiger partial charge on any atom is -0.482 e. The first kappa shape index (κ1) is 23.6. The Kier molecular flexibility index (Phi) is 6.76. The molecule has 1 aliphatic heterocycles. The maximum atomic E-state index is 13.2. The number of halogens is 1. The molecule has 0 fully saturated rings. The molecule has 0 radical (unpaired) electrons. The molecule has 0 saturated heterocycles. The molecule has 0 aliphatic carbocycles. The van der Waals surface area contributed by atoms with Gasteiger partial charge in [-0.2, -0.15) is 0 Å². The Morgan fingerprint density at radius 1 is 1.00 bits per heavy atom. The van der Waals surface area contributed by atoms with E-state index in [1.54, 1.807) is 36.4 Å². The summed E-state index contributed by atoms with van der Waals surface area (Å²) in [5.41, 5.74) is 2.79. The number of fused-ring (bicyclic) bond motifs is 1. The van der Waals surface area contributed by atoms with Crippen LogP contribution in [0.25, 0.3) is 0 Å². The molecule has 3 aromatic rings. The molecular formula is C24H22ClN3O5S. The number of para-hydroxylation sites is 1. The van der Waals surface area contributed by atoms with E-state index in [9.17, 15) is 18.0 Å². The SMILES string of the molecule is CC(=O)Nc1ccc(NC(=O)COc2ccc(S(=O)(=O)N3CCc4ccccc43)cc2Cl)cc1. The molecule has 176 valence electrons. The summed E-state index contributed by atoms with van der Waals surface area (Å²) in [4.78, 5) is 23.3. The smallest absolute Gasteiger partial charge is 0.264 e. The topological polar surface area (TPSA) is 105 Å². The summed E-state index contributed by atoms with van der Waals surface area (Å²) in [5, 5.41) is 5.40. The van der Waals surface area contributed by atoms with Gasteiger partial charge >= 0.3 is 0 Å². The van der Waals surface area contributed by atoms with Crippen molar-refractivity contribution in [3.8, 4) is 5.75 Å². The number of hydrogen-bond donors (Lipinski definition) is 2. The van der Waals surface area contributed by atoms with Crippen LogP contribution in [0.5, 0.6) is 5.75 Å². The Labute approximate surface area is 202 Å². The average molecular weight is 500 g/mol. The zero-order chi connectivity index (χ0) is 24.3. The third-order valence-corrected chi connectivity index (χ3v) is 7.29. The van der Waals surface area contributed by atoms with Gasteiger partial charge in [-0.25, -0.2) is 8.42 Å². The maximum Gasteiger partial charge on any atom is 0.264 e. The number of carbonyl (C=O) groups excluding carboxylic acids is 2. The van der Waals surface area contributed by atoms with Crippen LogP contribution in [0.15, 0.2) is 71.6 Å². The molecule has 10 heteroatoms. The highest BCUT2D eigenvalue weighted by molar-refractivity contribution is 7.92. The van der Waals surface area contributed by atoms with E-state index in [-0.39, 0.29) is 28.2 Å². The van der Waals surface area contributed by atoms with Gasteiger partial charge in [-0.15, -0.1) is 0 Å². The lowest BCUT2D eigenvalue weighted by molar-refractivity contribution is -0.118. The maximum absolute atomic E-state index is 13.2. The molecule has 1 aliphatic rings. The molecule has 8 nitrogen and oxygen atoms in total. The van der Waals surface area contributed by atoms with Crippen LogP contribution in [-0.2, 0) is 26.0 Å². The van der Waals surface area contributed by atoms with Crippen molar-refractivity contribution < 1.29 is 22.7 Å². The van der Waals surface area contributed by atoms with Crippen molar-refractivity contribution in [3.63, 3.8) is 0 Å². The Bertz CT molecular complexity index is 1340. The molecule has 0 unspecified atom stereocenters. The lowest BCUT2D eigenvalue weighted by Gasteiger charge is -2.20. The van der Waals surface area contributed by atoms with Crippen LogP contribution in [-0.4, -0.2) is 33.4 Å². The molecule has 0 aromatic heterocycles. The molecular weight excluding hydrogens is 478 g/mol. The number of benzene rings is 3. The monoisotopic (exact) mass is 499 g/mol. The van der Waals surface area contributed by atoms with Crippen molar-refractivity contribution in [3.05, 3.63) is 77.3 Å². The largest absolute Gasteiger partial charge is 0.482 e. The van der Waals surface area contributed by atoms with Crippen molar-refractivity contribution in [2.45, 2.75) is 18.2 Å². The number of hydrogen-bond acceptors (Lipinski definition) is 5. The Morgan fingerprint density at radius 3 is 2.35 bits per heavy atom. The van der Waals surface area contributed by atoms with Crippen LogP contribution in [0.4, 0.5) is 17.1 Å². The van der Waals surface area contributed by atoms with Gasteiger partial charge in [-0.05, 0) is 60.5 Å². The van der Waals surface area contributed by atoms with E-state index in [0.717, 1.165) is 5.56 Å².